The van der Waals surface area contributed by atoms with Crippen LogP contribution in [0.1, 0.15) is 34.3 Å². The lowest BCUT2D eigenvalue weighted by Gasteiger charge is -2.17. The molecule has 0 saturated carbocycles. The molecule has 1 unspecified atom stereocenters. The Kier molecular flexibility index (Phi) is 3.31. The average Bonchev–Trinajstić information content (AvgIpc) is 2.62. The van der Waals surface area contributed by atoms with Gasteiger partial charge in [-0.15, -0.1) is 0 Å². The summed E-state index contributed by atoms with van der Waals surface area (Å²) in [5.74, 6) is 7.51. The van der Waals surface area contributed by atoms with E-state index in [1.54, 1.807) is 0 Å². The fourth-order valence-electron chi connectivity index (χ4n) is 2.19. The average molecular weight is 230 g/mol. The lowest BCUT2D eigenvalue weighted by atomic mass is 9.96. The SMILES string of the molecule is Cc1cc(C(NN)c2ccccc2C)c(C)o1. The number of aryl methyl sites for hydroxylation is 3. The van der Waals surface area contributed by atoms with Gasteiger partial charge < -0.3 is 4.42 Å². The Bertz CT molecular complexity index is 517. The number of hydrazine groups is 1. The lowest BCUT2D eigenvalue weighted by Crippen LogP contribution is -2.29. The molecule has 0 aliphatic heterocycles. The van der Waals surface area contributed by atoms with Gasteiger partial charge in [-0.1, -0.05) is 24.3 Å². The summed E-state index contributed by atoms with van der Waals surface area (Å²) in [6.45, 7) is 5.99. The molecule has 2 rings (SSSR count). The van der Waals surface area contributed by atoms with Crippen LogP contribution < -0.4 is 11.3 Å². The van der Waals surface area contributed by atoms with Gasteiger partial charge >= 0.3 is 0 Å². The number of nitrogens with one attached hydrogen (secondary N) is 1. The van der Waals surface area contributed by atoms with E-state index in [2.05, 4.69) is 24.5 Å². The van der Waals surface area contributed by atoms with Crippen molar-refractivity contribution in [3.05, 3.63) is 58.5 Å². The second kappa shape index (κ2) is 4.73. The van der Waals surface area contributed by atoms with Gasteiger partial charge in [-0.05, 0) is 38.0 Å². The van der Waals surface area contributed by atoms with Crippen molar-refractivity contribution in [3.8, 4) is 0 Å². The third kappa shape index (κ3) is 2.25. The molecule has 1 atom stereocenters. The Morgan fingerprint density at radius 2 is 1.82 bits per heavy atom. The zero-order valence-corrected chi connectivity index (χ0v) is 10.4. The van der Waals surface area contributed by atoms with Gasteiger partial charge in [0, 0.05) is 5.56 Å². The van der Waals surface area contributed by atoms with Crippen LogP contribution in [0.4, 0.5) is 0 Å². The smallest absolute Gasteiger partial charge is 0.106 e. The van der Waals surface area contributed by atoms with Crippen molar-refractivity contribution in [2.75, 3.05) is 0 Å². The molecular formula is C14H18N2O. The molecule has 0 aliphatic carbocycles. The van der Waals surface area contributed by atoms with Crippen molar-refractivity contribution in [3.63, 3.8) is 0 Å². The molecule has 0 saturated heterocycles. The molecule has 17 heavy (non-hydrogen) atoms. The van der Waals surface area contributed by atoms with Crippen molar-refractivity contribution >= 4 is 0 Å². The molecule has 1 aromatic heterocycles. The van der Waals surface area contributed by atoms with Crippen LogP contribution in [0.25, 0.3) is 0 Å². The standard InChI is InChI=1S/C14H18N2O/c1-9-6-4-5-7-12(9)14(16-15)13-8-10(2)17-11(13)3/h4-8,14,16H,15H2,1-3H3. The monoisotopic (exact) mass is 230 g/mol. The Labute approximate surface area is 102 Å². The summed E-state index contributed by atoms with van der Waals surface area (Å²) >= 11 is 0. The maximum Gasteiger partial charge on any atom is 0.106 e. The molecule has 0 radical (unpaired) electrons. The zero-order valence-electron chi connectivity index (χ0n) is 10.4. The zero-order chi connectivity index (χ0) is 12.4. The first-order valence-electron chi connectivity index (χ1n) is 5.72. The van der Waals surface area contributed by atoms with Gasteiger partial charge in [0.05, 0.1) is 6.04 Å². The Balaban J connectivity index is 2.47. The second-order valence-corrected chi connectivity index (χ2v) is 4.32. The van der Waals surface area contributed by atoms with Crippen LogP contribution in [0, 0.1) is 20.8 Å². The summed E-state index contributed by atoms with van der Waals surface area (Å²) in [6, 6.07) is 10.2. The van der Waals surface area contributed by atoms with Gasteiger partial charge in [0.25, 0.3) is 0 Å². The van der Waals surface area contributed by atoms with Gasteiger partial charge in [0.2, 0.25) is 0 Å². The Morgan fingerprint density at radius 3 is 2.35 bits per heavy atom. The second-order valence-electron chi connectivity index (χ2n) is 4.32. The number of rotatable bonds is 3. The summed E-state index contributed by atoms with van der Waals surface area (Å²) in [7, 11) is 0. The first-order chi connectivity index (χ1) is 8.13. The third-order valence-electron chi connectivity index (χ3n) is 3.06. The molecule has 0 spiro atoms. The highest BCUT2D eigenvalue weighted by Crippen LogP contribution is 2.28. The maximum atomic E-state index is 5.69. The predicted octanol–water partition coefficient (Wildman–Crippen LogP) is 2.76. The number of furan rings is 1. The van der Waals surface area contributed by atoms with Crippen LogP contribution in [0.5, 0.6) is 0 Å². The minimum absolute atomic E-state index is 0.0198. The summed E-state index contributed by atoms with van der Waals surface area (Å²) in [4.78, 5) is 0. The normalized spacial score (nSPS) is 12.7. The first-order valence-corrected chi connectivity index (χ1v) is 5.72. The summed E-state index contributed by atoms with van der Waals surface area (Å²) < 4.78 is 5.56. The number of nitrogens with two attached hydrogens (primary N) is 1. The van der Waals surface area contributed by atoms with E-state index in [1.165, 1.54) is 11.1 Å². The molecule has 0 aliphatic rings. The van der Waals surface area contributed by atoms with E-state index in [0.717, 1.165) is 17.1 Å². The largest absolute Gasteiger partial charge is 0.466 e. The molecular weight excluding hydrogens is 212 g/mol. The molecule has 3 heteroatoms. The van der Waals surface area contributed by atoms with Crippen molar-refractivity contribution in [2.24, 2.45) is 5.84 Å². The molecule has 0 fully saturated rings. The van der Waals surface area contributed by atoms with Gasteiger partial charge in [0.15, 0.2) is 0 Å². The highest BCUT2D eigenvalue weighted by Gasteiger charge is 2.19. The number of benzene rings is 1. The van der Waals surface area contributed by atoms with Crippen molar-refractivity contribution < 1.29 is 4.42 Å². The summed E-state index contributed by atoms with van der Waals surface area (Å²) in [5.41, 5.74) is 6.36. The van der Waals surface area contributed by atoms with Crippen LogP contribution in [-0.2, 0) is 0 Å². The van der Waals surface area contributed by atoms with Crippen LogP contribution in [-0.4, -0.2) is 0 Å². The van der Waals surface area contributed by atoms with E-state index < -0.39 is 0 Å². The van der Waals surface area contributed by atoms with Gasteiger partial charge in [-0.2, -0.15) is 0 Å². The van der Waals surface area contributed by atoms with Crippen LogP contribution in [0.2, 0.25) is 0 Å². The fourth-order valence-corrected chi connectivity index (χ4v) is 2.19. The molecule has 0 bridgehead atoms. The number of hydrogen-bond acceptors (Lipinski definition) is 3. The summed E-state index contributed by atoms with van der Waals surface area (Å²) in [6.07, 6.45) is 0. The Morgan fingerprint density at radius 1 is 1.12 bits per heavy atom. The van der Waals surface area contributed by atoms with E-state index in [0.29, 0.717) is 0 Å². The van der Waals surface area contributed by atoms with Gasteiger partial charge in [-0.3, -0.25) is 5.84 Å². The highest BCUT2D eigenvalue weighted by atomic mass is 16.3. The third-order valence-corrected chi connectivity index (χ3v) is 3.06. The highest BCUT2D eigenvalue weighted by molar-refractivity contribution is 5.38. The van der Waals surface area contributed by atoms with Crippen LogP contribution in [0.15, 0.2) is 34.7 Å². The molecule has 2 aromatic rings. The summed E-state index contributed by atoms with van der Waals surface area (Å²) in [5, 5.41) is 0. The quantitative estimate of drug-likeness (QED) is 0.629. The minimum atomic E-state index is -0.0198. The minimum Gasteiger partial charge on any atom is -0.466 e. The van der Waals surface area contributed by atoms with Crippen molar-refractivity contribution in [1.82, 2.24) is 5.43 Å². The Hall–Kier alpha value is -1.58. The van der Waals surface area contributed by atoms with Gasteiger partial charge in [0.1, 0.15) is 11.5 Å². The first kappa shape index (κ1) is 11.9. The topological polar surface area (TPSA) is 51.2 Å². The molecule has 1 heterocycles. The molecule has 1 aromatic carbocycles. The van der Waals surface area contributed by atoms with Crippen molar-refractivity contribution in [2.45, 2.75) is 26.8 Å². The molecule has 0 amide bonds. The number of hydrogen-bond donors (Lipinski definition) is 2. The van der Waals surface area contributed by atoms with Gasteiger partial charge in [-0.25, -0.2) is 5.43 Å². The lowest BCUT2D eigenvalue weighted by molar-refractivity contribution is 0.495. The van der Waals surface area contributed by atoms with Crippen LogP contribution in [0.3, 0.4) is 0 Å². The van der Waals surface area contributed by atoms with E-state index >= 15 is 0 Å². The molecule has 3 nitrogen and oxygen atoms in total. The van der Waals surface area contributed by atoms with E-state index in [1.807, 2.05) is 32.0 Å². The fraction of sp³-hybridized carbons (Fsp3) is 0.286. The maximum absolute atomic E-state index is 5.69. The van der Waals surface area contributed by atoms with E-state index in [9.17, 15) is 0 Å². The van der Waals surface area contributed by atoms with Crippen LogP contribution >= 0.6 is 0 Å². The predicted molar refractivity (Wildman–Crippen MR) is 68.5 cm³/mol. The molecule has 90 valence electrons. The van der Waals surface area contributed by atoms with E-state index in [4.69, 9.17) is 10.3 Å². The molecule has 3 N–H and O–H groups in total. The van der Waals surface area contributed by atoms with E-state index in [-0.39, 0.29) is 6.04 Å². The van der Waals surface area contributed by atoms with Crippen molar-refractivity contribution in [1.29, 1.82) is 0 Å².